The first-order chi connectivity index (χ1) is 14.7. The van der Waals surface area contributed by atoms with E-state index in [0.717, 1.165) is 30.5 Å². The van der Waals surface area contributed by atoms with Gasteiger partial charge in [0.1, 0.15) is 22.5 Å². The number of benzene rings is 2. The van der Waals surface area contributed by atoms with Crippen LogP contribution in [0.25, 0.3) is 22.3 Å². The van der Waals surface area contributed by atoms with Crippen LogP contribution >= 0.6 is 7.60 Å². The van der Waals surface area contributed by atoms with Crippen molar-refractivity contribution in [3.63, 3.8) is 0 Å². The fraction of sp³-hybridized carbons (Fsp3) is 0.150. The first-order valence-corrected chi connectivity index (χ1v) is 10.6. The van der Waals surface area contributed by atoms with Crippen molar-refractivity contribution in [3.8, 4) is 40.1 Å². The van der Waals surface area contributed by atoms with E-state index in [-0.39, 0.29) is 34.6 Å². The average molecular weight is 450 g/mol. The molecule has 164 valence electrons. The molecular formula is C20H19O10P. The number of ether oxygens (including phenoxy) is 1. The summed E-state index contributed by atoms with van der Waals surface area (Å²) >= 11 is 0. The Morgan fingerprint density at radius 3 is 2.48 bits per heavy atom. The second-order valence-corrected chi connectivity index (χ2v) is 8.15. The monoisotopic (exact) mass is 450 g/mol. The molecule has 0 aliphatic carbocycles. The van der Waals surface area contributed by atoms with E-state index in [4.69, 9.17) is 18.2 Å². The van der Waals surface area contributed by atoms with Crippen LogP contribution in [-0.4, -0.2) is 33.4 Å². The largest absolute Gasteiger partial charge is 0.508 e. The normalized spacial score (nSPS) is 12.9. The summed E-state index contributed by atoms with van der Waals surface area (Å²) in [6.45, 7) is 4.94. The molecule has 0 saturated heterocycles. The first kappa shape index (κ1) is 22.1. The number of phenols is 4. The average Bonchev–Trinajstić information content (AvgIpc) is 2.69. The van der Waals surface area contributed by atoms with Gasteiger partial charge in [-0.25, -0.2) is 4.57 Å². The third kappa shape index (κ3) is 4.45. The van der Waals surface area contributed by atoms with E-state index in [2.05, 4.69) is 6.58 Å². The van der Waals surface area contributed by atoms with Crippen LogP contribution in [0, 0.1) is 0 Å². The van der Waals surface area contributed by atoms with Gasteiger partial charge in [-0.05, 0) is 25.1 Å². The molecule has 2 aromatic carbocycles. The molecule has 0 fully saturated rings. The lowest BCUT2D eigenvalue weighted by Gasteiger charge is -2.18. The van der Waals surface area contributed by atoms with Crippen LogP contribution in [0.3, 0.4) is 0 Å². The van der Waals surface area contributed by atoms with Crippen molar-refractivity contribution in [1.29, 1.82) is 0 Å². The highest BCUT2D eigenvalue weighted by atomic mass is 31.2. The van der Waals surface area contributed by atoms with E-state index in [1.807, 2.05) is 0 Å². The summed E-state index contributed by atoms with van der Waals surface area (Å²) in [7, 11) is -3.83. The lowest BCUT2D eigenvalue weighted by molar-refractivity contribution is 0.230. The van der Waals surface area contributed by atoms with Crippen molar-refractivity contribution >= 4 is 18.6 Å². The first-order valence-electron chi connectivity index (χ1n) is 8.90. The van der Waals surface area contributed by atoms with Gasteiger partial charge in [-0.1, -0.05) is 6.58 Å². The molecule has 1 aromatic heterocycles. The van der Waals surface area contributed by atoms with Crippen LogP contribution < -0.4 is 10.2 Å². The van der Waals surface area contributed by atoms with Gasteiger partial charge in [0, 0.05) is 17.7 Å². The predicted molar refractivity (Wildman–Crippen MR) is 111 cm³/mol. The molecule has 31 heavy (non-hydrogen) atoms. The maximum atomic E-state index is 13.1. The molecule has 0 aliphatic rings. The van der Waals surface area contributed by atoms with Gasteiger partial charge in [0.2, 0.25) is 17.5 Å². The minimum absolute atomic E-state index is 0.0273. The molecular weight excluding hydrogens is 431 g/mol. The molecule has 0 saturated carbocycles. The maximum Gasteiger partial charge on any atom is 0.415 e. The van der Waals surface area contributed by atoms with Crippen molar-refractivity contribution in [2.75, 3.05) is 13.0 Å². The van der Waals surface area contributed by atoms with Crippen LogP contribution in [0.1, 0.15) is 6.92 Å². The van der Waals surface area contributed by atoms with E-state index >= 15 is 0 Å². The Labute approximate surface area is 175 Å². The van der Waals surface area contributed by atoms with Crippen molar-refractivity contribution in [2.24, 2.45) is 0 Å². The Bertz CT molecular complexity index is 1250. The van der Waals surface area contributed by atoms with Gasteiger partial charge in [-0.3, -0.25) is 9.32 Å². The summed E-state index contributed by atoms with van der Waals surface area (Å²) in [6.07, 6.45) is 0.217. The highest BCUT2D eigenvalue weighted by molar-refractivity contribution is 7.53. The molecule has 0 aliphatic heterocycles. The third-order valence-electron chi connectivity index (χ3n) is 4.08. The maximum absolute atomic E-state index is 13.1. The molecule has 3 rings (SSSR count). The van der Waals surface area contributed by atoms with E-state index in [1.54, 1.807) is 6.92 Å². The van der Waals surface area contributed by atoms with E-state index in [9.17, 15) is 29.8 Å². The van der Waals surface area contributed by atoms with Crippen LogP contribution in [0.15, 0.2) is 52.4 Å². The molecule has 10 nitrogen and oxygen atoms in total. The van der Waals surface area contributed by atoms with Gasteiger partial charge < -0.3 is 34.1 Å². The van der Waals surface area contributed by atoms with Crippen LogP contribution in [0.2, 0.25) is 0 Å². The summed E-state index contributed by atoms with van der Waals surface area (Å²) < 4.78 is 33.8. The number of phenolic OH excluding ortho intramolecular Hbond substituents is 4. The van der Waals surface area contributed by atoms with Crippen LogP contribution in [0.5, 0.6) is 28.7 Å². The molecule has 0 spiro atoms. The Morgan fingerprint density at radius 1 is 1.10 bits per heavy atom. The quantitative estimate of drug-likeness (QED) is 0.225. The van der Waals surface area contributed by atoms with Crippen molar-refractivity contribution in [2.45, 2.75) is 6.92 Å². The number of hydrogen-bond acceptors (Lipinski definition) is 10. The summed E-state index contributed by atoms with van der Waals surface area (Å²) in [5.74, 6) is -2.53. The van der Waals surface area contributed by atoms with Crippen molar-refractivity contribution in [1.82, 2.24) is 0 Å². The summed E-state index contributed by atoms with van der Waals surface area (Å²) in [5.41, 5.74) is -0.904. The highest BCUT2D eigenvalue weighted by Crippen LogP contribution is 2.49. The molecule has 11 heteroatoms. The Balaban J connectivity index is 2.22. The molecule has 3 aromatic rings. The second-order valence-electron chi connectivity index (χ2n) is 6.21. The zero-order valence-corrected chi connectivity index (χ0v) is 17.2. The zero-order valence-electron chi connectivity index (χ0n) is 16.3. The highest BCUT2D eigenvalue weighted by Gasteiger charge is 2.29. The minimum Gasteiger partial charge on any atom is -0.508 e. The van der Waals surface area contributed by atoms with Crippen molar-refractivity contribution in [3.05, 3.63) is 53.4 Å². The van der Waals surface area contributed by atoms with Crippen LogP contribution in [-0.2, 0) is 13.6 Å². The summed E-state index contributed by atoms with van der Waals surface area (Å²) in [4.78, 5) is 13.1. The van der Waals surface area contributed by atoms with Crippen LogP contribution in [0.4, 0.5) is 0 Å². The number of hydrogen-bond donors (Lipinski definition) is 4. The van der Waals surface area contributed by atoms with E-state index in [0.29, 0.717) is 0 Å². The number of fused-ring (bicyclic) bond motifs is 1. The van der Waals surface area contributed by atoms with Gasteiger partial charge in [0.15, 0.2) is 17.3 Å². The summed E-state index contributed by atoms with van der Waals surface area (Å²) in [6, 6.07) is 5.65. The SMILES string of the molecule is C=COP(=O)(COc1c(-c2ccc(O)c(O)c2)oc2cc(O)cc(O)c2c1=O)OCC. The lowest BCUT2D eigenvalue weighted by atomic mass is 10.1. The Morgan fingerprint density at radius 2 is 1.84 bits per heavy atom. The smallest absolute Gasteiger partial charge is 0.415 e. The Hall–Kier alpha value is -3.62. The molecule has 1 unspecified atom stereocenters. The van der Waals surface area contributed by atoms with E-state index < -0.39 is 42.4 Å². The second kappa shape index (κ2) is 8.63. The zero-order chi connectivity index (χ0) is 22.8. The van der Waals surface area contributed by atoms with Gasteiger partial charge >= 0.3 is 7.60 Å². The van der Waals surface area contributed by atoms with Gasteiger partial charge in [0.05, 0.1) is 12.9 Å². The minimum atomic E-state index is -3.83. The fourth-order valence-corrected chi connectivity index (χ4v) is 3.91. The van der Waals surface area contributed by atoms with Gasteiger partial charge in [0.25, 0.3) is 0 Å². The van der Waals surface area contributed by atoms with E-state index in [1.165, 1.54) is 6.07 Å². The Kier molecular flexibility index (Phi) is 6.14. The third-order valence-corrected chi connectivity index (χ3v) is 5.65. The molecule has 4 N–H and O–H groups in total. The van der Waals surface area contributed by atoms with Crippen molar-refractivity contribution < 1.29 is 43.2 Å². The van der Waals surface area contributed by atoms with Gasteiger partial charge in [-0.15, -0.1) is 0 Å². The lowest BCUT2D eigenvalue weighted by Crippen LogP contribution is -2.13. The summed E-state index contributed by atoms with van der Waals surface area (Å²) in [5, 5.41) is 39.0. The number of aromatic hydroxyl groups is 4. The molecule has 1 atom stereocenters. The topological polar surface area (TPSA) is 156 Å². The van der Waals surface area contributed by atoms with Gasteiger partial charge in [-0.2, -0.15) is 0 Å². The number of rotatable bonds is 8. The fourth-order valence-electron chi connectivity index (χ4n) is 2.81. The standard InChI is InChI=1S/C20H19O10P/c1-3-28-31(26,29-4-2)10-27-20-18(25)17-15(24)8-12(21)9-16(17)30-19(20)11-5-6-13(22)14(23)7-11/h3,5-9,21-24H,1,4,10H2,2H3. The molecule has 1 heterocycles. The molecule has 0 amide bonds. The predicted octanol–water partition coefficient (Wildman–Crippen LogP) is 4.01. The molecule has 0 radical (unpaired) electrons. The molecule has 0 bridgehead atoms.